The van der Waals surface area contributed by atoms with Crippen molar-refractivity contribution < 1.29 is 0 Å². The minimum atomic E-state index is -0.874. The van der Waals surface area contributed by atoms with Crippen molar-refractivity contribution >= 4 is 22.5 Å². The van der Waals surface area contributed by atoms with Crippen LogP contribution in [0.15, 0.2) is 156 Å². The van der Waals surface area contributed by atoms with Gasteiger partial charge in [0.1, 0.15) is 0 Å². The molecule has 8 rings (SSSR count). The SMILES string of the molecule is CCc1cc2c(c(Cl)cc(=O)n2Cc2ccc(-c3ccccc3-c3nnn(C(c4ccccc4)(c4ccccc4)c4ccccc4)n3)cc2)c(CC)n1. The molecule has 5 aromatic carbocycles. The molecule has 0 N–H and O–H groups in total. The van der Waals surface area contributed by atoms with E-state index in [1.165, 1.54) is 6.07 Å². The number of aromatic nitrogens is 6. The molecule has 0 bridgehead atoms. The van der Waals surface area contributed by atoms with Crippen LogP contribution in [0, 0.1) is 0 Å². The molecule has 8 aromatic rings. The molecule has 0 aliphatic carbocycles. The summed E-state index contributed by atoms with van der Waals surface area (Å²) < 4.78 is 1.80. The summed E-state index contributed by atoms with van der Waals surface area (Å²) in [5, 5.41) is 15.9. The molecule has 0 saturated carbocycles. The van der Waals surface area contributed by atoms with E-state index in [0.717, 1.165) is 74.1 Å². The van der Waals surface area contributed by atoms with Crippen LogP contribution in [0.1, 0.15) is 47.5 Å². The summed E-state index contributed by atoms with van der Waals surface area (Å²) in [7, 11) is 0. The molecule has 0 fully saturated rings. The van der Waals surface area contributed by atoms with Crippen molar-refractivity contribution in [2.45, 2.75) is 38.8 Å². The lowest BCUT2D eigenvalue weighted by molar-refractivity contribution is 0.396. The first-order chi connectivity index (χ1) is 26.0. The van der Waals surface area contributed by atoms with E-state index in [1.807, 2.05) is 78.9 Å². The monoisotopic (exact) mass is 712 g/mol. The average Bonchev–Trinajstić information content (AvgIpc) is 3.71. The lowest BCUT2D eigenvalue weighted by atomic mass is 9.77. The van der Waals surface area contributed by atoms with Gasteiger partial charge in [0.2, 0.25) is 5.82 Å². The summed E-state index contributed by atoms with van der Waals surface area (Å²) in [6.45, 7) is 4.53. The van der Waals surface area contributed by atoms with Crippen molar-refractivity contribution in [1.82, 2.24) is 29.8 Å². The molecule has 0 aliphatic heterocycles. The number of fused-ring (bicyclic) bond motifs is 1. The standard InChI is InChI=1S/C45H37ClN6O/c1-3-36-28-41-43(40(4-2)47-36)39(46)29-42(53)51(41)30-31-24-26-32(27-25-31)37-22-14-15-23-38(37)44-48-50-52(49-44)45(33-16-8-5-9-17-33,34-18-10-6-11-19-34)35-20-12-7-13-21-35/h5-29H,3-4,30H2,1-2H3. The second-order valence-electron chi connectivity index (χ2n) is 13.0. The third kappa shape index (κ3) is 6.13. The summed E-state index contributed by atoms with van der Waals surface area (Å²) in [5.74, 6) is 0.517. The zero-order valence-electron chi connectivity index (χ0n) is 29.5. The highest BCUT2D eigenvalue weighted by Crippen LogP contribution is 2.40. The number of rotatable bonds is 10. The average molecular weight is 713 g/mol. The van der Waals surface area contributed by atoms with Gasteiger partial charge in [-0.1, -0.05) is 165 Å². The number of hydrogen-bond donors (Lipinski definition) is 0. The molecule has 7 nitrogen and oxygen atoms in total. The van der Waals surface area contributed by atoms with E-state index in [4.69, 9.17) is 32.0 Å². The third-order valence-corrected chi connectivity index (χ3v) is 10.2. The van der Waals surface area contributed by atoms with Crippen LogP contribution in [0.4, 0.5) is 0 Å². The largest absolute Gasteiger partial charge is 0.304 e. The molecule has 3 heterocycles. The Balaban J connectivity index is 1.19. The Morgan fingerprint density at radius 2 is 1.23 bits per heavy atom. The van der Waals surface area contributed by atoms with Crippen LogP contribution in [0.5, 0.6) is 0 Å². The van der Waals surface area contributed by atoms with Crippen molar-refractivity contribution in [2.24, 2.45) is 0 Å². The van der Waals surface area contributed by atoms with E-state index in [2.05, 4.69) is 80.6 Å². The summed E-state index contributed by atoms with van der Waals surface area (Å²) in [5.41, 5.74) is 8.54. The van der Waals surface area contributed by atoms with Crippen LogP contribution in [0.2, 0.25) is 5.02 Å². The van der Waals surface area contributed by atoms with Crippen LogP contribution in [0.3, 0.4) is 0 Å². The number of tetrazole rings is 1. The first-order valence-electron chi connectivity index (χ1n) is 17.9. The number of nitrogens with zero attached hydrogens (tertiary/aromatic N) is 6. The molecule has 260 valence electrons. The van der Waals surface area contributed by atoms with E-state index >= 15 is 0 Å². The topological polar surface area (TPSA) is 78.5 Å². The first-order valence-corrected chi connectivity index (χ1v) is 18.3. The van der Waals surface area contributed by atoms with Gasteiger partial charge in [-0.3, -0.25) is 9.78 Å². The van der Waals surface area contributed by atoms with Crippen molar-refractivity contribution in [3.63, 3.8) is 0 Å². The molecule has 0 aliphatic rings. The van der Waals surface area contributed by atoms with Crippen LogP contribution in [-0.4, -0.2) is 29.8 Å². The predicted octanol–water partition coefficient (Wildman–Crippen LogP) is 9.38. The lowest BCUT2D eigenvalue weighted by Crippen LogP contribution is -2.39. The van der Waals surface area contributed by atoms with Crippen LogP contribution in [-0.2, 0) is 24.9 Å². The van der Waals surface area contributed by atoms with Gasteiger partial charge in [0, 0.05) is 22.7 Å². The number of pyridine rings is 2. The molecule has 0 atom stereocenters. The van der Waals surface area contributed by atoms with Crippen molar-refractivity contribution in [1.29, 1.82) is 0 Å². The molecule has 3 aromatic heterocycles. The Hall–Kier alpha value is -6.18. The molecule has 0 amide bonds. The molecule has 0 radical (unpaired) electrons. The molecule has 53 heavy (non-hydrogen) atoms. The second kappa shape index (κ2) is 14.4. The quantitative estimate of drug-likeness (QED) is 0.132. The minimum Gasteiger partial charge on any atom is -0.304 e. The van der Waals surface area contributed by atoms with Gasteiger partial charge in [-0.2, -0.15) is 0 Å². The fraction of sp³-hybridized carbons (Fsp3) is 0.133. The highest BCUT2D eigenvalue weighted by atomic mass is 35.5. The van der Waals surface area contributed by atoms with Gasteiger partial charge in [0.15, 0.2) is 5.54 Å². The molecular formula is C45H37ClN6O. The van der Waals surface area contributed by atoms with E-state index in [-0.39, 0.29) is 5.56 Å². The van der Waals surface area contributed by atoms with Crippen molar-refractivity contribution in [3.8, 4) is 22.5 Å². The van der Waals surface area contributed by atoms with Crippen molar-refractivity contribution in [2.75, 3.05) is 0 Å². The Kier molecular flexibility index (Phi) is 9.25. The maximum atomic E-state index is 13.3. The number of halogens is 1. The fourth-order valence-corrected chi connectivity index (χ4v) is 7.64. The van der Waals surface area contributed by atoms with Gasteiger partial charge in [0.05, 0.1) is 22.8 Å². The molecular weight excluding hydrogens is 676 g/mol. The van der Waals surface area contributed by atoms with Gasteiger partial charge in [-0.05, 0) is 57.5 Å². The highest BCUT2D eigenvalue weighted by molar-refractivity contribution is 6.35. The zero-order chi connectivity index (χ0) is 36.4. The van der Waals surface area contributed by atoms with E-state index in [1.54, 1.807) is 9.36 Å². The fourth-order valence-electron chi connectivity index (χ4n) is 7.34. The van der Waals surface area contributed by atoms with E-state index < -0.39 is 5.54 Å². The Bertz CT molecular complexity index is 2490. The Morgan fingerprint density at radius 1 is 0.660 bits per heavy atom. The van der Waals surface area contributed by atoms with E-state index in [9.17, 15) is 4.79 Å². The highest BCUT2D eigenvalue weighted by Gasteiger charge is 2.41. The zero-order valence-corrected chi connectivity index (χ0v) is 30.3. The van der Waals surface area contributed by atoms with Crippen molar-refractivity contribution in [3.05, 3.63) is 201 Å². The van der Waals surface area contributed by atoms with Gasteiger partial charge in [0.25, 0.3) is 5.56 Å². The maximum absolute atomic E-state index is 13.3. The summed E-state index contributed by atoms with van der Waals surface area (Å²) in [6.07, 6.45) is 1.50. The molecule has 0 saturated heterocycles. The third-order valence-electron chi connectivity index (χ3n) is 9.93. The van der Waals surface area contributed by atoms with Gasteiger partial charge in [-0.15, -0.1) is 15.0 Å². The summed E-state index contributed by atoms with van der Waals surface area (Å²) in [6, 6.07) is 50.9. The smallest absolute Gasteiger partial charge is 0.252 e. The number of benzene rings is 5. The van der Waals surface area contributed by atoms with Gasteiger partial charge in [-0.25, -0.2) is 0 Å². The molecule has 8 heteroatoms. The number of hydrogen-bond acceptors (Lipinski definition) is 5. The summed E-state index contributed by atoms with van der Waals surface area (Å²) >= 11 is 6.62. The normalized spacial score (nSPS) is 11.6. The van der Waals surface area contributed by atoms with Crippen LogP contribution in [0.25, 0.3) is 33.4 Å². The van der Waals surface area contributed by atoms with Gasteiger partial charge >= 0.3 is 0 Å². The summed E-state index contributed by atoms with van der Waals surface area (Å²) in [4.78, 5) is 19.9. The minimum absolute atomic E-state index is 0.140. The Labute approximate surface area is 313 Å². The number of aryl methyl sites for hydroxylation is 2. The van der Waals surface area contributed by atoms with E-state index in [0.29, 0.717) is 17.4 Å². The Morgan fingerprint density at radius 3 is 1.79 bits per heavy atom. The maximum Gasteiger partial charge on any atom is 0.252 e. The lowest BCUT2D eigenvalue weighted by Gasteiger charge is -2.34. The predicted molar refractivity (Wildman–Crippen MR) is 212 cm³/mol. The van der Waals surface area contributed by atoms with Crippen LogP contribution < -0.4 is 5.56 Å². The second-order valence-corrected chi connectivity index (χ2v) is 13.4. The molecule has 0 unspecified atom stereocenters. The van der Waals surface area contributed by atoms with Gasteiger partial charge < -0.3 is 4.57 Å². The van der Waals surface area contributed by atoms with Crippen LogP contribution >= 0.6 is 11.6 Å². The first kappa shape index (κ1) is 33.9. The molecule has 0 spiro atoms.